The third kappa shape index (κ3) is 13.2. The van der Waals surface area contributed by atoms with Crippen molar-refractivity contribution in [2.45, 2.75) is 57.8 Å². The number of rotatable bonds is 2. The van der Waals surface area contributed by atoms with Crippen molar-refractivity contribution in [3.63, 3.8) is 0 Å². The molecule has 2 saturated carbocycles. The SMILES string of the molecule is C#CC#CC#CC#CC#CC#CC#CC#CC#CC#CC#COC(=O)C1CCC(C2CCCCC2)CC1. The van der Waals surface area contributed by atoms with Gasteiger partial charge in [-0.15, -0.1) is 6.42 Å². The van der Waals surface area contributed by atoms with Gasteiger partial charge >= 0.3 is 5.97 Å². The molecule has 0 radical (unpaired) electrons. The second-order valence-electron chi connectivity index (χ2n) is 8.05. The first-order chi connectivity index (χ1) is 18.3. The maximum atomic E-state index is 12.2. The van der Waals surface area contributed by atoms with Gasteiger partial charge in [0.25, 0.3) is 0 Å². The minimum absolute atomic E-state index is 0.0472. The second kappa shape index (κ2) is 19.0. The lowest BCUT2D eigenvalue weighted by molar-refractivity contribution is -0.143. The lowest BCUT2D eigenvalue weighted by Gasteiger charge is -2.34. The van der Waals surface area contributed by atoms with Crippen molar-refractivity contribution in [2.24, 2.45) is 17.8 Å². The summed E-state index contributed by atoms with van der Waals surface area (Å²) in [6.07, 6.45) is 18.2. The predicted octanol–water partition coefficient (Wildman–Crippen LogP) is 3.54. The fourth-order valence-corrected chi connectivity index (χ4v) is 4.18. The zero-order valence-electron chi connectivity index (χ0n) is 20.5. The third-order valence-electron chi connectivity index (χ3n) is 5.82. The molecule has 0 atom stereocenters. The van der Waals surface area contributed by atoms with Crippen LogP contribution in [0.5, 0.6) is 0 Å². The van der Waals surface area contributed by atoms with Gasteiger partial charge in [0.2, 0.25) is 0 Å². The highest BCUT2D eigenvalue weighted by Gasteiger charge is 2.31. The molecule has 0 amide bonds. The van der Waals surface area contributed by atoms with Crippen LogP contribution in [0.1, 0.15) is 57.8 Å². The van der Waals surface area contributed by atoms with Gasteiger partial charge in [-0.05, 0) is 84.9 Å². The van der Waals surface area contributed by atoms with Crippen molar-refractivity contribution in [1.82, 2.24) is 0 Å². The number of hydrogen-bond donors (Lipinski definition) is 0. The normalized spacial score (nSPS) is 16.2. The molecule has 0 spiro atoms. The van der Waals surface area contributed by atoms with Gasteiger partial charge < -0.3 is 4.74 Å². The Morgan fingerprint density at radius 1 is 0.486 bits per heavy atom. The number of carbonyl (C=O) groups is 1. The van der Waals surface area contributed by atoms with E-state index in [1.807, 2.05) is 0 Å². The molecule has 0 aromatic carbocycles. The Hall–Kier alpha value is -5.37. The highest BCUT2D eigenvalue weighted by atomic mass is 16.5. The van der Waals surface area contributed by atoms with Crippen LogP contribution >= 0.6 is 0 Å². The summed E-state index contributed by atoms with van der Waals surface area (Å²) in [5, 5.41) is 0. The summed E-state index contributed by atoms with van der Waals surface area (Å²) in [4.78, 5) is 12.2. The van der Waals surface area contributed by atoms with Crippen molar-refractivity contribution in [1.29, 1.82) is 0 Å². The summed E-state index contributed by atoms with van der Waals surface area (Å²) >= 11 is 0. The molecule has 0 heterocycles. The average molecular weight is 475 g/mol. The fraction of sp³-hybridized carbons (Fsp3) is 0.343. The minimum Gasteiger partial charge on any atom is -0.371 e. The van der Waals surface area contributed by atoms with E-state index in [0.717, 1.165) is 37.5 Å². The zero-order chi connectivity index (χ0) is 26.2. The molecule has 0 bridgehead atoms. The van der Waals surface area contributed by atoms with E-state index in [2.05, 4.69) is 125 Å². The minimum atomic E-state index is -0.245. The van der Waals surface area contributed by atoms with Crippen molar-refractivity contribution in [3.8, 4) is 131 Å². The molecule has 0 saturated heterocycles. The topological polar surface area (TPSA) is 26.3 Å². The van der Waals surface area contributed by atoms with E-state index >= 15 is 0 Å². The van der Waals surface area contributed by atoms with E-state index in [0.29, 0.717) is 0 Å². The molecule has 174 valence electrons. The summed E-state index contributed by atoms with van der Waals surface area (Å²) < 4.78 is 5.06. The average Bonchev–Trinajstić information content (AvgIpc) is 2.94. The fourth-order valence-electron chi connectivity index (χ4n) is 4.18. The van der Waals surface area contributed by atoms with E-state index in [9.17, 15) is 4.79 Å². The maximum Gasteiger partial charge on any atom is 0.322 e. The first-order valence-electron chi connectivity index (χ1n) is 12.0. The Morgan fingerprint density at radius 2 is 0.865 bits per heavy atom. The Morgan fingerprint density at radius 3 is 1.30 bits per heavy atom. The van der Waals surface area contributed by atoms with Crippen molar-refractivity contribution >= 4 is 5.97 Å². The van der Waals surface area contributed by atoms with Gasteiger partial charge in [0, 0.05) is 71.0 Å². The van der Waals surface area contributed by atoms with Gasteiger partial charge in [0.05, 0.1) is 5.92 Å². The summed E-state index contributed by atoms with van der Waals surface area (Å²) in [5.74, 6) is 50.7. The number of carbonyl (C=O) groups excluding carboxylic acids is 1. The Bertz CT molecular complexity index is 1520. The van der Waals surface area contributed by atoms with Gasteiger partial charge in [0.15, 0.2) is 0 Å². The van der Waals surface area contributed by atoms with Crippen LogP contribution in [0.2, 0.25) is 0 Å². The molecule has 2 aliphatic rings. The van der Waals surface area contributed by atoms with Crippen LogP contribution in [0.15, 0.2) is 0 Å². The molecule has 0 N–H and O–H groups in total. The molecular formula is C35H22O2. The smallest absolute Gasteiger partial charge is 0.322 e. The Balaban J connectivity index is 1.65. The van der Waals surface area contributed by atoms with Crippen molar-refractivity contribution in [2.75, 3.05) is 0 Å². The molecule has 2 heteroatoms. The Labute approximate surface area is 221 Å². The standard InChI is InChI=1S/C35H22O2/c1-2-3-4-5-6-7-8-9-10-11-12-13-14-15-16-17-18-19-20-24-31-37-35(36)34-29-27-33(28-30-34)32-25-22-21-23-26-32/h1,32-34H,21-23,25-30H2. The molecule has 0 aromatic heterocycles. The molecule has 0 unspecified atom stereocenters. The lowest BCUT2D eigenvalue weighted by Crippen LogP contribution is -2.27. The molecule has 2 rings (SSSR count). The zero-order valence-corrected chi connectivity index (χ0v) is 20.5. The predicted molar refractivity (Wildman–Crippen MR) is 145 cm³/mol. The lowest BCUT2D eigenvalue weighted by atomic mass is 9.71. The summed E-state index contributed by atoms with van der Waals surface area (Å²) in [5.41, 5.74) is 0. The molecule has 0 aromatic rings. The van der Waals surface area contributed by atoms with Gasteiger partial charge in [-0.2, -0.15) is 0 Å². The van der Waals surface area contributed by atoms with Crippen LogP contribution in [-0.2, 0) is 9.53 Å². The van der Waals surface area contributed by atoms with E-state index < -0.39 is 0 Å². The van der Waals surface area contributed by atoms with E-state index in [1.54, 1.807) is 0 Å². The van der Waals surface area contributed by atoms with Gasteiger partial charge in [0.1, 0.15) is 6.11 Å². The van der Waals surface area contributed by atoms with Gasteiger partial charge in [-0.1, -0.05) is 32.1 Å². The third-order valence-corrected chi connectivity index (χ3v) is 5.82. The van der Waals surface area contributed by atoms with Crippen LogP contribution in [0.25, 0.3) is 0 Å². The van der Waals surface area contributed by atoms with Crippen LogP contribution in [0, 0.1) is 149 Å². The summed E-state index contributed by atoms with van der Waals surface area (Å²) in [6, 6.07) is 0. The summed E-state index contributed by atoms with van der Waals surface area (Å²) in [6.45, 7) is 0. The number of terminal acetylenes is 1. The largest absolute Gasteiger partial charge is 0.371 e. The summed E-state index contributed by atoms with van der Waals surface area (Å²) in [7, 11) is 0. The molecule has 0 aliphatic heterocycles. The second-order valence-corrected chi connectivity index (χ2v) is 8.05. The number of ether oxygens (including phenoxy) is 1. The first-order valence-corrected chi connectivity index (χ1v) is 12.0. The van der Waals surface area contributed by atoms with Crippen LogP contribution in [0.4, 0.5) is 0 Å². The molecule has 2 nitrogen and oxygen atoms in total. The van der Waals surface area contributed by atoms with E-state index in [-0.39, 0.29) is 11.9 Å². The molecular weight excluding hydrogens is 452 g/mol. The van der Waals surface area contributed by atoms with Gasteiger partial charge in [-0.25, -0.2) is 0 Å². The number of hydrogen-bond acceptors (Lipinski definition) is 2. The molecule has 2 fully saturated rings. The van der Waals surface area contributed by atoms with Crippen LogP contribution in [-0.4, -0.2) is 5.97 Å². The molecule has 2 aliphatic carbocycles. The monoisotopic (exact) mass is 474 g/mol. The highest BCUT2D eigenvalue weighted by molar-refractivity contribution is 5.73. The van der Waals surface area contributed by atoms with Crippen molar-refractivity contribution < 1.29 is 9.53 Å². The van der Waals surface area contributed by atoms with Crippen molar-refractivity contribution in [3.05, 3.63) is 0 Å². The quantitative estimate of drug-likeness (QED) is 0.452. The van der Waals surface area contributed by atoms with Crippen LogP contribution < -0.4 is 0 Å². The van der Waals surface area contributed by atoms with E-state index in [1.165, 1.54) is 32.1 Å². The van der Waals surface area contributed by atoms with Gasteiger partial charge in [-0.3, -0.25) is 4.79 Å². The van der Waals surface area contributed by atoms with Crippen LogP contribution in [0.3, 0.4) is 0 Å². The molecule has 37 heavy (non-hydrogen) atoms. The number of esters is 1. The maximum absolute atomic E-state index is 12.2. The Kier molecular flexibility index (Phi) is 14.3. The highest BCUT2D eigenvalue weighted by Crippen LogP contribution is 2.40. The van der Waals surface area contributed by atoms with E-state index in [4.69, 9.17) is 11.2 Å². The first kappa shape index (κ1) is 27.9.